The van der Waals surface area contributed by atoms with Gasteiger partial charge in [-0.2, -0.15) is 13.2 Å². The number of aromatic nitrogens is 6. The normalized spacial score (nSPS) is 20.2. The molecule has 2 aliphatic rings. The second kappa shape index (κ2) is 7.25. The maximum absolute atomic E-state index is 14.6. The van der Waals surface area contributed by atoms with Crippen molar-refractivity contribution in [3.63, 3.8) is 0 Å². The molecule has 2 atom stereocenters. The minimum Gasteiger partial charge on any atom is -0.377 e. The molecule has 14 heteroatoms. The number of morpholine rings is 1. The lowest BCUT2D eigenvalue weighted by Crippen LogP contribution is -2.56. The molecule has 1 fully saturated rings. The van der Waals surface area contributed by atoms with Gasteiger partial charge in [-0.3, -0.25) is 4.79 Å². The third-order valence-electron chi connectivity index (χ3n) is 5.23. The lowest BCUT2D eigenvalue weighted by atomic mass is 10.0. The number of pyridine rings is 1. The first-order chi connectivity index (χ1) is 15.3. The van der Waals surface area contributed by atoms with Crippen LogP contribution in [0.3, 0.4) is 0 Å². The molecule has 1 saturated heterocycles. The van der Waals surface area contributed by atoms with Gasteiger partial charge in [0, 0.05) is 12.7 Å². The van der Waals surface area contributed by atoms with E-state index in [4.69, 9.17) is 4.74 Å². The first-order valence-corrected chi connectivity index (χ1v) is 9.29. The third kappa shape index (κ3) is 3.18. The van der Waals surface area contributed by atoms with Crippen LogP contribution >= 0.6 is 0 Å². The van der Waals surface area contributed by atoms with Crippen molar-refractivity contribution in [2.75, 3.05) is 13.2 Å². The van der Waals surface area contributed by atoms with Crippen LogP contribution in [0.2, 0.25) is 0 Å². The highest BCUT2D eigenvalue weighted by Crippen LogP contribution is 2.37. The second-order valence-corrected chi connectivity index (χ2v) is 7.16. The summed E-state index contributed by atoms with van der Waals surface area (Å²) < 4.78 is 74.0. The van der Waals surface area contributed by atoms with E-state index >= 15 is 0 Å². The smallest absolute Gasteiger partial charge is 0.377 e. The van der Waals surface area contributed by atoms with E-state index in [2.05, 4.69) is 25.1 Å². The van der Waals surface area contributed by atoms with Crippen molar-refractivity contribution in [3.8, 4) is 11.6 Å². The van der Waals surface area contributed by atoms with Gasteiger partial charge in [-0.05, 0) is 6.07 Å². The summed E-state index contributed by atoms with van der Waals surface area (Å²) in [7, 11) is 0. The highest BCUT2D eigenvalue weighted by atomic mass is 19.4. The summed E-state index contributed by atoms with van der Waals surface area (Å²) in [5.41, 5.74) is -2.51. The molecule has 5 rings (SSSR count). The summed E-state index contributed by atoms with van der Waals surface area (Å²) >= 11 is 0. The van der Waals surface area contributed by atoms with Crippen LogP contribution in [-0.4, -0.2) is 59.8 Å². The van der Waals surface area contributed by atoms with Crippen LogP contribution in [0, 0.1) is 11.6 Å². The molecular weight excluding hydrogens is 441 g/mol. The Bertz CT molecular complexity index is 1200. The Kier molecular flexibility index (Phi) is 4.62. The van der Waals surface area contributed by atoms with Crippen molar-refractivity contribution < 1.29 is 31.5 Å². The summed E-state index contributed by atoms with van der Waals surface area (Å²) in [6, 6.07) is -0.579. The van der Waals surface area contributed by atoms with E-state index in [1.54, 1.807) is 4.57 Å². The summed E-state index contributed by atoms with van der Waals surface area (Å²) in [5.74, 6) is -2.70. The van der Waals surface area contributed by atoms with Gasteiger partial charge in [0.15, 0.2) is 29.0 Å². The SMILES string of the molecule is O=C(c1ccnc(C(F)(F)F)c1F)N1C2COC[C@@H]1c1nnc(-c3ncc(F)cn3)n1C2. The maximum atomic E-state index is 14.6. The van der Waals surface area contributed by atoms with Gasteiger partial charge in [0.05, 0.1) is 37.2 Å². The molecule has 5 heterocycles. The zero-order valence-corrected chi connectivity index (χ0v) is 15.9. The molecule has 32 heavy (non-hydrogen) atoms. The average Bonchev–Trinajstić information content (AvgIpc) is 3.16. The minimum atomic E-state index is -5.05. The zero-order chi connectivity index (χ0) is 22.6. The van der Waals surface area contributed by atoms with Gasteiger partial charge >= 0.3 is 6.18 Å². The summed E-state index contributed by atoms with van der Waals surface area (Å²) in [6.07, 6.45) is -2.37. The van der Waals surface area contributed by atoms with Crippen molar-refractivity contribution >= 4 is 5.91 Å². The molecule has 1 unspecified atom stereocenters. The summed E-state index contributed by atoms with van der Waals surface area (Å²) in [5, 5.41) is 8.09. The Morgan fingerprint density at radius 1 is 1.09 bits per heavy atom. The summed E-state index contributed by atoms with van der Waals surface area (Å²) in [6.45, 7) is 0.130. The van der Waals surface area contributed by atoms with Crippen LogP contribution in [0.25, 0.3) is 11.6 Å². The van der Waals surface area contributed by atoms with Gasteiger partial charge in [0.2, 0.25) is 5.82 Å². The van der Waals surface area contributed by atoms with Crippen LogP contribution in [0.4, 0.5) is 22.0 Å². The summed E-state index contributed by atoms with van der Waals surface area (Å²) in [4.78, 5) is 25.2. The largest absolute Gasteiger partial charge is 0.436 e. The first kappa shape index (κ1) is 20.4. The highest BCUT2D eigenvalue weighted by Gasteiger charge is 2.46. The average molecular weight is 453 g/mol. The number of fused-ring (bicyclic) bond motifs is 4. The predicted molar refractivity (Wildman–Crippen MR) is 93.7 cm³/mol. The first-order valence-electron chi connectivity index (χ1n) is 9.29. The maximum Gasteiger partial charge on any atom is 0.436 e. The molecule has 166 valence electrons. The molecular formula is C18H12F5N7O2. The molecule has 0 aromatic carbocycles. The van der Waals surface area contributed by atoms with Crippen LogP contribution in [0.15, 0.2) is 24.7 Å². The van der Waals surface area contributed by atoms with E-state index in [0.717, 1.165) is 24.7 Å². The molecule has 3 aromatic rings. The van der Waals surface area contributed by atoms with Crippen LogP contribution in [0.1, 0.15) is 27.9 Å². The molecule has 3 aromatic heterocycles. The quantitative estimate of drug-likeness (QED) is 0.548. The Balaban J connectivity index is 1.54. The molecule has 2 bridgehead atoms. The fourth-order valence-electron chi connectivity index (χ4n) is 3.87. The van der Waals surface area contributed by atoms with E-state index in [1.165, 1.54) is 4.90 Å². The van der Waals surface area contributed by atoms with Crippen molar-refractivity contribution in [1.29, 1.82) is 0 Å². The van der Waals surface area contributed by atoms with Gasteiger partial charge in [-0.25, -0.2) is 23.7 Å². The predicted octanol–water partition coefficient (Wildman–Crippen LogP) is 2.02. The van der Waals surface area contributed by atoms with Gasteiger partial charge < -0.3 is 14.2 Å². The zero-order valence-electron chi connectivity index (χ0n) is 15.9. The molecule has 1 amide bonds. The van der Waals surface area contributed by atoms with Gasteiger partial charge in [-0.15, -0.1) is 10.2 Å². The number of rotatable bonds is 2. The molecule has 0 aliphatic carbocycles. The second-order valence-electron chi connectivity index (χ2n) is 7.16. The number of nitrogens with zero attached hydrogens (tertiary/aromatic N) is 7. The molecule has 0 saturated carbocycles. The van der Waals surface area contributed by atoms with Crippen molar-refractivity contribution in [1.82, 2.24) is 34.6 Å². The van der Waals surface area contributed by atoms with Gasteiger partial charge in [-0.1, -0.05) is 0 Å². The van der Waals surface area contributed by atoms with E-state index in [-0.39, 0.29) is 37.2 Å². The lowest BCUT2D eigenvalue weighted by molar-refractivity contribution is -0.143. The standard InChI is InChI=1S/C18H12F5N7O2/c19-8-3-25-14(26-4-8)16-28-27-15-11-7-32-6-9(5-29(15)16)30(11)17(31)10-1-2-24-13(12(10)20)18(21,22)23/h1-4,9,11H,5-7H2/t9?,11-/m1/s1. The Hall–Kier alpha value is -3.55. The Labute approximate surface area is 175 Å². The number of ether oxygens (including phenoxy) is 1. The third-order valence-corrected chi connectivity index (χ3v) is 5.23. The number of amides is 1. The molecule has 0 radical (unpaired) electrons. The van der Waals surface area contributed by atoms with E-state index in [9.17, 15) is 26.7 Å². The van der Waals surface area contributed by atoms with Gasteiger partial charge in [0.1, 0.15) is 6.04 Å². The van der Waals surface area contributed by atoms with Crippen molar-refractivity contribution in [2.24, 2.45) is 0 Å². The molecule has 0 spiro atoms. The van der Waals surface area contributed by atoms with Gasteiger partial charge in [0.25, 0.3) is 5.91 Å². The Morgan fingerprint density at radius 3 is 2.56 bits per heavy atom. The number of alkyl halides is 3. The lowest BCUT2D eigenvalue weighted by Gasteiger charge is -2.45. The number of carbonyl (C=O) groups excluding carboxylic acids is 1. The number of carbonyl (C=O) groups is 1. The van der Waals surface area contributed by atoms with Crippen LogP contribution in [-0.2, 0) is 17.5 Å². The topological polar surface area (TPSA) is 98.9 Å². The van der Waals surface area contributed by atoms with Crippen LogP contribution in [0.5, 0.6) is 0 Å². The monoisotopic (exact) mass is 453 g/mol. The van der Waals surface area contributed by atoms with E-state index in [1.807, 2.05) is 0 Å². The fourth-order valence-corrected chi connectivity index (χ4v) is 3.87. The van der Waals surface area contributed by atoms with Crippen molar-refractivity contribution in [3.05, 3.63) is 53.4 Å². The number of halogens is 5. The molecule has 2 aliphatic heterocycles. The van der Waals surface area contributed by atoms with Crippen LogP contribution < -0.4 is 0 Å². The van der Waals surface area contributed by atoms with E-state index < -0.39 is 47.1 Å². The molecule has 0 N–H and O–H groups in total. The Morgan fingerprint density at radius 2 is 1.84 bits per heavy atom. The number of hydrogen-bond acceptors (Lipinski definition) is 7. The van der Waals surface area contributed by atoms with Crippen molar-refractivity contribution in [2.45, 2.75) is 24.8 Å². The van der Waals surface area contributed by atoms with E-state index in [0.29, 0.717) is 0 Å². The molecule has 9 nitrogen and oxygen atoms in total. The minimum absolute atomic E-state index is 0.0243. The fraction of sp³-hybridized carbons (Fsp3) is 0.333. The number of hydrogen-bond donors (Lipinski definition) is 0. The highest BCUT2D eigenvalue weighted by molar-refractivity contribution is 5.95.